The van der Waals surface area contributed by atoms with Crippen LogP contribution >= 0.6 is 23.2 Å². The van der Waals surface area contributed by atoms with Crippen molar-refractivity contribution < 1.29 is 14.7 Å². The van der Waals surface area contributed by atoms with E-state index in [1.54, 1.807) is 18.2 Å². The molecule has 1 saturated heterocycles. The highest BCUT2D eigenvalue weighted by Gasteiger charge is 2.20. The van der Waals surface area contributed by atoms with Crippen molar-refractivity contribution in [1.29, 1.82) is 0 Å². The molecule has 2 aromatic rings. The molecule has 6 nitrogen and oxygen atoms in total. The molecular weight excluding hydrogens is 401 g/mol. The first-order chi connectivity index (χ1) is 13.4. The Morgan fingerprint density at radius 1 is 0.929 bits per heavy atom. The molecule has 0 unspecified atom stereocenters. The van der Waals surface area contributed by atoms with Gasteiger partial charge in [-0.05, 0) is 36.4 Å². The summed E-state index contributed by atoms with van der Waals surface area (Å²) < 4.78 is 0. The zero-order chi connectivity index (χ0) is 20.1. The summed E-state index contributed by atoms with van der Waals surface area (Å²) in [6.07, 6.45) is 1.78. The maximum atomic E-state index is 11.6. The van der Waals surface area contributed by atoms with Crippen molar-refractivity contribution in [3.8, 4) is 0 Å². The van der Waals surface area contributed by atoms with Gasteiger partial charge in [-0.2, -0.15) is 0 Å². The predicted molar refractivity (Wildman–Crippen MR) is 113 cm³/mol. The highest BCUT2D eigenvalue weighted by atomic mass is 35.5. The first-order valence-corrected chi connectivity index (χ1v) is 9.45. The van der Waals surface area contributed by atoms with Crippen molar-refractivity contribution in [3.63, 3.8) is 0 Å². The monoisotopic (exact) mass is 419 g/mol. The van der Waals surface area contributed by atoms with E-state index in [1.807, 2.05) is 24.3 Å². The topological polar surface area (TPSA) is 72.9 Å². The Balaban J connectivity index is 1.58. The van der Waals surface area contributed by atoms with Gasteiger partial charge in [-0.25, -0.2) is 4.79 Å². The summed E-state index contributed by atoms with van der Waals surface area (Å²) in [4.78, 5) is 26.5. The number of carbonyl (C=O) groups is 2. The van der Waals surface area contributed by atoms with E-state index in [4.69, 9.17) is 28.3 Å². The second-order valence-corrected chi connectivity index (χ2v) is 7.04. The zero-order valence-corrected chi connectivity index (χ0v) is 16.5. The third-order valence-electron chi connectivity index (χ3n) is 4.43. The van der Waals surface area contributed by atoms with Crippen LogP contribution in [0.2, 0.25) is 10.0 Å². The number of nitrogens with one attached hydrogen (secondary N) is 1. The van der Waals surface area contributed by atoms with Crippen LogP contribution in [0.4, 0.5) is 17.1 Å². The number of amides is 1. The van der Waals surface area contributed by atoms with Crippen LogP contribution in [0.3, 0.4) is 0 Å². The van der Waals surface area contributed by atoms with Gasteiger partial charge in [-0.1, -0.05) is 29.3 Å². The lowest BCUT2D eigenvalue weighted by Crippen LogP contribution is -2.46. The van der Waals surface area contributed by atoms with Crippen LogP contribution in [0.5, 0.6) is 0 Å². The van der Waals surface area contributed by atoms with Gasteiger partial charge in [0.05, 0.1) is 15.7 Å². The summed E-state index contributed by atoms with van der Waals surface area (Å²) in [7, 11) is 0. The summed E-state index contributed by atoms with van der Waals surface area (Å²) in [6, 6.07) is 13.1. The van der Waals surface area contributed by atoms with E-state index in [9.17, 15) is 9.59 Å². The van der Waals surface area contributed by atoms with Crippen molar-refractivity contribution in [1.82, 2.24) is 0 Å². The summed E-state index contributed by atoms with van der Waals surface area (Å²) in [5.41, 5.74) is 2.60. The molecule has 0 radical (unpaired) electrons. The molecule has 8 heteroatoms. The maximum absolute atomic E-state index is 11.6. The van der Waals surface area contributed by atoms with E-state index >= 15 is 0 Å². The van der Waals surface area contributed by atoms with Gasteiger partial charge in [0.2, 0.25) is 5.91 Å². The third-order valence-corrected chi connectivity index (χ3v) is 5.24. The van der Waals surface area contributed by atoms with Crippen LogP contribution in [0.25, 0.3) is 0 Å². The van der Waals surface area contributed by atoms with Gasteiger partial charge in [0.25, 0.3) is 0 Å². The Morgan fingerprint density at radius 2 is 1.57 bits per heavy atom. The minimum Gasteiger partial charge on any atom is -0.478 e. The normalized spacial score (nSPS) is 14.4. The molecule has 0 aromatic heterocycles. The molecule has 146 valence electrons. The van der Waals surface area contributed by atoms with Crippen LogP contribution < -0.4 is 15.1 Å². The third kappa shape index (κ3) is 4.97. The first-order valence-electron chi connectivity index (χ1n) is 8.70. The molecule has 3 rings (SSSR count). The standard InChI is InChI=1S/C20H19Cl2N3O3/c21-16-2-1-3-17(20(16)22)25-12-10-24(11-13-25)15-6-4-14(5-7-15)23-18(26)8-9-19(27)28/h1-9H,10-13H2,(H,23,26)(H,27,28)/b9-8-. The van der Waals surface area contributed by atoms with Crippen LogP contribution in [-0.4, -0.2) is 43.2 Å². The van der Waals surface area contributed by atoms with Gasteiger partial charge in [0.1, 0.15) is 0 Å². The van der Waals surface area contributed by atoms with E-state index in [0.29, 0.717) is 15.7 Å². The second-order valence-electron chi connectivity index (χ2n) is 6.25. The van der Waals surface area contributed by atoms with Gasteiger partial charge in [0.15, 0.2) is 0 Å². The molecular formula is C20H19Cl2N3O3. The fourth-order valence-electron chi connectivity index (χ4n) is 3.03. The Hall–Kier alpha value is -2.70. The van der Waals surface area contributed by atoms with Crippen LogP contribution in [-0.2, 0) is 9.59 Å². The van der Waals surface area contributed by atoms with Gasteiger partial charge < -0.3 is 20.2 Å². The largest absolute Gasteiger partial charge is 0.478 e. The van der Waals surface area contributed by atoms with Crippen molar-refractivity contribution in [3.05, 3.63) is 64.7 Å². The predicted octanol–water partition coefficient (Wildman–Crippen LogP) is 3.90. The molecule has 2 aromatic carbocycles. The Bertz CT molecular complexity index is 892. The van der Waals surface area contributed by atoms with E-state index in [0.717, 1.165) is 49.7 Å². The molecule has 1 fully saturated rings. The molecule has 1 amide bonds. The summed E-state index contributed by atoms with van der Waals surface area (Å²) in [5, 5.41) is 12.3. The van der Waals surface area contributed by atoms with Crippen LogP contribution in [0.1, 0.15) is 0 Å². The number of rotatable bonds is 5. The molecule has 1 aliphatic heterocycles. The van der Waals surface area contributed by atoms with Crippen molar-refractivity contribution in [2.24, 2.45) is 0 Å². The van der Waals surface area contributed by atoms with Crippen molar-refractivity contribution >= 4 is 52.1 Å². The lowest BCUT2D eigenvalue weighted by atomic mass is 10.2. The molecule has 2 N–H and O–H groups in total. The second kappa shape index (κ2) is 8.99. The van der Waals surface area contributed by atoms with Gasteiger partial charge in [-0.15, -0.1) is 0 Å². The summed E-state index contributed by atoms with van der Waals surface area (Å²) in [5.74, 6) is -1.65. The smallest absolute Gasteiger partial charge is 0.328 e. The number of nitrogens with zero attached hydrogens (tertiary/aromatic N) is 2. The summed E-state index contributed by atoms with van der Waals surface area (Å²) in [6.45, 7) is 3.29. The Kier molecular flexibility index (Phi) is 6.44. The number of aliphatic carboxylic acids is 1. The number of hydrogen-bond acceptors (Lipinski definition) is 4. The number of halogens is 2. The molecule has 0 bridgehead atoms. The lowest BCUT2D eigenvalue weighted by Gasteiger charge is -2.37. The molecule has 0 spiro atoms. The molecule has 28 heavy (non-hydrogen) atoms. The maximum Gasteiger partial charge on any atom is 0.328 e. The SMILES string of the molecule is O=C(O)/C=C\C(=O)Nc1ccc(N2CCN(c3cccc(Cl)c3Cl)CC2)cc1. The summed E-state index contributed by atoms with van der Waals surface area (Å²) >= 11 is 12.4. The van der Waals surface area contributed by atoms with Gasteiger partial charge in [0, 0.05) is 49.7 Å². The average Bonchev–Trinajstić information content (AvgIpc) is 2.69. The van der Waals surface area contributed by atoms with E-state index < -0.39 is 11.9 Å². The van der Waals surface area contributed by atoms with E-state index in [-0.39, 0.29) is 0 Å². The molecule has 0 atom stereocenters. The first kappa shape index (κ1) is 20.0. The number of carboxylic acid groups (broad SMARTS) is 1. The number of piperazine rings is 1. The Labute approximate surface area is 173 Å². The van der Waals surface area contributed by atoms with Crippen LogP contribution in [0.15, 0.2) is 54.6 Å². The van der Waals surface area contributed by atoms with Crippen molar-refractivity contribution in [2.75, 3.05) is 41.3 Å². The number of benzene rings is 2. The van der Waals surface area contributed by atoms with Gasteiger partial charge in [-0.3, -0.25) is 4.79 Å². The molecule has 1 heterocycles. The molecule has 0 aliphatic carbocycles. The number of carboxylic acids is 1. The Morgan fingerprint density at radius 3 is 2.21 bits per heavy atom. The van der Waals surface area contributed by atoms with E-state index in [1.165, 1.54) is 0 Å². The fourth-order valence-corrected chi connectivity index (χ4v) is 3.44. The average molecular weight is 420 g/mol. The van der Waals surface area contributed by atoms with Gasteiger partial charge >= 0.3 is 5.97 Å². The fraction of sp³-hybridized carbons (Fsp3) is 0.200. The number of hydrogen-bond donors (Lipinski definition) is 2. The zero-order valence-electron chi connectivity index (χ0n) is 14.9. The van der Waals surface area contributed by atoms with Crippen LogP contribution in [0, 0.1) is 0 Å². The highest BCUT2D eigenvalue weighted by Crippen LogP contribution is 2.33. The molecule has 1 aliphatic rings. The highest BCUT2D eigenvalue weighted by molar-refractivity contribution is 6.43. The number of anilines is 3. The minimum absolute atomic E-state index is 0.484. The number of carbonyl (C=O) groups excluding carboxylic acids is 1. The lowest BCUT2D eigenvalue weighted by molar-refractivity contribution is -0.131. The molecule has 0 saturated carbocycles. The minimum atomic E-state index is -1.16. The van der Waals surface area contributed by atoms with Crippen molar-refractivity contribution in [2.45, 2.75) is 0 Å². The quantitative estimate of drug-likeness (QED) is 0.718. The van der Waals surface area contributed by atoms with E-state index in [2.05, 4.69) is 15.1 Å².